The zero-order valence-electron chi connectivity index (χ0n) is 14.3. The Balaban J connectivity index is 2.09. The van der Waals surface area contributed by atoms with Crippen molar-refractivity contribution in [1.82, 2.24) is 10.3 Å². The Morgan fingerprint density at radius 3 is 2.58 bits per heavy atom. The fraction of sp³-hybridized carbons (Fsp3) is 0.316. The number of hydrogen-bond acceptors (Lipinski definition) is 3. The third kappa shape index (κ3) is 4.65. The van der Waals surface area contributed by atoms with E-state index in [-0.39, 0.29) is 17.5 Å². The number of nitrogens with one attached hydrogen (secondary N) is 2. The number of aryl methyl sites for hydroxylation is 2. The molecular formula is C19H23N3O2. The quantitative estimate of drug-likeness (QED) is 0.799. The van der Waals surface area contributed by atoms with Gasteiger partial charge >= 0.3 is 0 Å². The summed E-state index contributed by atoms with van der Waals surface area (Å²) < 4.78 is 0. The Labute approximate surface area is 142 Å². The van der Waals surface area contributed by atoms with E-state index in [0.29, 0.717) is 12.1 Å². The number of anilines is 1. The predicted molar refractivity (Wildman–Crippen MR) is 95.3 cm³/mol. The summed E-state index contributed by atoms with van der Waals surface area (Å²) in [6.07, 6.45) is 3.40. The second-order valence-corrected chi connectivity index (χ2v) is 5.81. The smallest absolute Gasteiger partial charge is 0.269 e. The van der Waals surface area contributed by atoms with Gasteiger partial charge in [0.2, 0.25) is 0 Å². The molecule has 5 heteroatoms. The van der Waals surface area contributed by atoms with E-state index in [1.54, 1.807) is 6.07 Å². The molecule has 0 aliphatic heterocycles. The summed E-state index contributed by atoms with van der Waals surface area (Å²) in [5, 5.41) is 5.67. The number of aromatic nitrogens is 1. The SMILES string of the molecule is CCCCNC(=O)c1cc(C(=O)Nc2ccc(C)cc2C)ccn1. The van der Waals surface area contributed by atoms with Crippen LogP contribution >= 0.6 is 0 Å². The molecule has 2 aromatic rings. The molecule has 0 aliphatic rings. The van der Waals surface area contributed by atoms with Gasteiger partial charge in [-0.15, -0.1) is 0 Å². The van der Waals surface area contributed by atoms with Gasteiger partial charge in [-0.1, -0.05) is 31.0 Å². The molecule has 2 rings (SSSR count). The number of carbonyl (C=O) groups is 2. The highest BCUT2D eigenvalue weighted by atomic mass is 16.2. The molecule has 0 spiro atoms. The maximum absolute atomic E-state index is 12.4. The molecule has 5 nitrogen and oxygen atoms in total. The number of amides is 2. The molecule has 0 radical (unpaired) electrons. The second-order valence-electron chi connectivity index (χ2n) is 5.81. The summed E-state index contributed by atoms with van der Waals surface area (Å²) in [6, 6.07) is 8.94. The van der Waals surface area contributed by atoms with Crippen molar-refractivity contribution in [1.29, 1.82) is 0 Å². The van der Waals surface area contributed by atoms with Gasteiger partial charge in [0.25, 0.3) is 11.8 Å². The van der Waals surface area contributed by atoms with Crippen LogP contribution in [0.1, 0.15) is 51.7 Å². The summed E-state index contributed by atoms with van der Waals surface area (Å²) >= 11 is 0. The average molecular weight is 325 g/mol. The molecule has 126 valence electrons. The van der Waals surface area contributed by atoms with Gasteiger partial charge in [-0.3, -0.25) is 14.6 Å². The second kappa shape index (κ2) is 8.24. The highest BCUT2D eigenvalue weighted by Gasteiger charge is 2.12. The molecule has 0 unspecified atom stereocenters. The van der Waals surface area contributed by atoms with Crippen LogP contribution in [-0.2, 0) is 0 Å². The van der Waals surface area contributed by atoms with Crippen molar-refractivity contribution in [2.24, 2.45) is 0 Å². The number of carbonyl (C=O) groups excluding carboxylic acids is 2. The van der Waals surface area contributed by atoms with Crippen molar-refractivity contribution in [3.8, 4) is 0 Å². The van der Waals surface area contributed by atoms with E-state index in [1.165, 1.54) is 12.3 Å². The fourth-order valence-electron chi connectivity index (χ4n) is 2.31. The summed E-state index contributed by atoms with van der Waals surface area (Å²) in [5.41, 5.74) is 3.55. The maximum Gasteiger partial charge on any atom is 0.269 e. The molecule has 0 saturated heterocycles. The van der Waals surface area contributed by atoms with Gasteiger partial charge < -0.3 is 10.6 Å². The lowest BCUT2D eigenvalue weighted by Gasteiger charge is -2.10. The first-order chi connectivity index (χ1) is 11.5. The molecule has 2 N–H and O–H groups in total. The third-order valence-corrected chi connectivity index (χ3v) is 3.70. The highest BCUT2D eigenvalue weighted by Crippen LogP contribution is 2.17. The van der Waals surface area contributed by atoms with Crippen LogP contribution in [0.15, 0.2) is 36.5 Å². The lowest BCUT2D eigenvalue weighted by Crippen LogP contribution is -2.25. The number of pyridine rings is 1. The molecule has 0 fully saturated rings. The zero-order chi connectivity index (χ0) is 17.5. The molecule has 2 amide bonds. The molecule has 1 aromatic carbocycles. The van der Waals surface area contributed by atoms with E-state index in [9.17, 15) is 9.59 Å². The third-order valence-electron chi connectivity index (χ3n) is 3.70. The largest absolute Gasteiger partial charge is 0.351 e. The minimum Gasteiger partial charge on any atom is -0.351 e. The van der Waals surface area contributed by atoms with E-state index in [0.717, 1.165) is 29.7 Å². The standard InChI is InChI=1S/C19H23N3O2/c1-4-5-9-21-19(24)17-12-15(8-10-20-17)18(23)22-16-7-6-13(2)11-14(16)3/h6-8,10-12H,4-5,9H2,1-3H3,(H,21,24)(H,22,23). The van der Waals surface area contributed by atoms with Crippen molar-refractivity contribution in [3.63, 3.8) is 0 Å². The molecule has 0 saturated carbocycles. The van der Waals surface area contributed by atoms with Crippen LogP contribution in [0.2, 0.25) is 0 Å². The Bertz CT molecular complexity index is 741. The van der Waals surface area contributed by atoms with Crippen LogP contribution in [0.5, 0.6) is 0 Å². The van der Waals surface area contributed by atoms with Crippen LogP contribution < -0.4 is 10.6 Å². The first-order valence-electron chi connectivity index (χ1n) is 8.14. The molecule has 1 heterocycles. The summed E-state index contributed by atoms with van der Waals surface area (Å²) in [4.78, 5) is 28.5. The first kappa shape index (κ1) is 17.7. The van der Waals surface area contributed by atoms with Gasteiger partial charge in [0.1, 0.15) is 5.69 Å². The minimum absolute atomic E-state index is 0.249. The molecule has 0 aliphatic carbocycles. The lowest BCUT2D eigenvalue weighted by atomic mass is 10.1. The molecular weight excluding hydrogens is 302 g/mol. The first-order valence-corrected chi connectivity index (χ1v) is 8.14. The van der Waals surface area contributed by atoms with Gasteiger partial charge in [-0.2, -0.15) is 0 Å². The van der Waals surface area contributed by atoms with Gasteiger partial charge in [-0.25, -0.2) is 0 Å². The minimum atomic E-state index is -0.260. The number of benzene rings is 1. The Morgan fingerprint density at radius 2 is 1.88 bits per heavy atom. The van der Waals surface area contributed by atoms with Crippen LogP contribution in [0, 0.1) is 13.8 Å². The monoisotopic (exact) mass is 325 g/mol. The Kier molecular flexibility index (Phi) is 6.07. The number of hydrogen-bond donors (Lipinski definition) is 2. The van der Waals surface area contributed by atoms with Gasteiger partial charge in [0.15, 0.2) is 0 Å². The predicted octanol–water partition coefficient (Wildman–Crippen LogP) is 3.48. The normalized spacial score (nSPS) is 10.3. The van der Waals surface area contributed by atoms with Crippen LogP contribution in [-0.4, -0.2) is 23.3 Å². The molecule has 0 bridgehead atoms. The van der Waals surface area contributed by atoms with Gasteiger partial charge in [0.05, 0.1) is 0 Å². The van der Waals surface area contributed by atoms with E-state index in [4.69, 9.17) is 0 Å². The highest BCUT2D eigenvalue weighted by molar-refractivity contribution is 6.06. The Hall–Kier alpha value is -2.69. The van der Waals surface area contributed by atoms with Crippen molar-refractivity contribution >= 4 is 17.5 Å². The van der Waals surface area contributed by atoms with E-state index in [1.807, 2.05) is 32.0 Å². The molecule has 0 atom stereocenters. The molecule has 24 heavy (non-hydrogen) atoms. The summed E-state index contributed by atoms with van der Waals surface area (Å²) in [6.45, 7) is 6.62. The fourth-order valence-corrected chi connectivity index (χ4v) is 2.31. The van der Waals surface area contributed by atoms with Crippen molar-refractivity contribution in [3.05, 3.63) is 58.9 Å². The van der Waals surface area contributed by atoms with E-state index >= 15 is 0 Å². The summed E-state index contributed by atoms with van der Waals surface area (Å²) in [7, 11) is 0. The van der Waals surface area contributed by atoms with Crippen LogP contribution in [0.25, 0.3) is 0 Å². The van der Waals surface area contributed by atoms with Crippen LogP contribution in [0.4, 0.5) is 5.69 Å². The van der Waals surface area contributed by atoms with Crippen LogP contribution in [0.3, 0.4) is 0 Å². The number of nitrogens with zero attached hydrogens (tertiary/aromatic N) is 1. The van der Waals surface area contributed by atoms with Crippen molar-refractivity contribution in [2.75, 3.05) is 11.9 Å². The van der Waals surface area contributed by atoms with E-state index < -0.39 is 0 Å². The number of rotatable bonds is 6. The topological polar surface area (TPSA) is 71.1 Å². The van der Waals surface area contributed by atoms with E-state index in [2.05, 4.69) is 22.5 Å². The number of unbranched alkanes of at least 4 members (excludes halogenated alkanes) is 1. The Morgan fingerprint density at radius 1 is 1.08 bits per heavy atom. The maximum atomic E-state index is 12.4. The van der Waals surface area contributed by atoms with Crippen molar-refractivity contribution < 1.29 is 9.59 Å². The lowest BCUT2D eigenvalue weighted by molar-refractivity contribution is 0.0948. The van der Waals surface area contributed by atoms with Gasteiger partial charge in [0, 0.05) is 24.0 Å². The molecule has 1 aromatic heterocycles. The summed E-state index contributed by atoms with van der Waals surface area (Å²) in [5.74, 6) is -0.517. The van der Waals surface area contributed by atoms with Crippen molar-refractivity contribution in [2.45, 2.75) is 33.6 Å². The van der Waals surface area contributed by atoms with Gasteiger partial charge in [-0.05, 0) is 44.0 Å². The zero-order valence-corrected chi connectivity index (χ0v) is 14.3. The average Bonchev–Trinajstić information content (AvgIpc) is 2.57.